The molecular weight excluding hydrogens is 150 g/mol. The summed E-state index contributed by atoms with van der Waals surface area (Å²) in [6, 6.07) is 3.45. The second-order valence-electron chi connectivity index (χ2n) is 1.48. The molecule has 0 spiro atoms. The van der Waals surface area contributed by atoms with Gasteiger partial charge in [-0.2, -0.15) is 0 Å². The van der Waals surface area contributed by atoms with Gasteiger partial charge in [0.1, 0.15) is 5.82 Å². The van der Waals surface area contributed by atoms with Crippen LogP contribution >= 0.6 is 0 Å². The lowest BCUT2D eigenvalue weighted by atomic mass is 10.4. The maximum absolute atomic E-state index is 5.33. The minimum absolute atomic E-state index is 0.396. The molecule has 70 valence electrons. The van der Waals surface area contributed by atoms with E-state index < -0.39 is 0 Å². The summed E-state index contributed by atoms with van der Waals surface area (Å²) in [4.78, 5) is 3.73. The Morgan fingerprint density at radius 2 is 1.58 bits per heavy atom. The van der Waals surface area contributed by atoms with Gasteiger partial charge in [0.15, 0.2) is 0 Å². The molecule has 1 aromatic heterocycles. The van der Waals surface area contributed by atoms with Crippen molar-refractivity contribution in [3.63, 3.8) is 0 Å². The molecule has 1 rings (SSSR count). The van der Waals surface area contributed by atoms with E-state index >= 15 is 0 Å². The molecule has 0 aliphatic heterocycles. The number of nitrogen functional groups attached to an aromatic ring is 2. The second-order valence-corrected chi connectivity index (χ2v) is 1.48. The van der Waals surface area contributed by atoms with E-state index in [0.29, 0.717) is 11.5 Å². The molecular formula is C9H19N3. The number of nitrogens with zero attached hydrogens (tertiary/aromatic N) is 1. The van der Waals surface area contributed by atoms with Gasteiger partial charge in [-0.3, -0.25) is 0 Å². The van der Waals surface area contributed by atoms with Gasteiger partial charge in [0.05, 0.1) is 5.69 Å². The maximum Gasteiger partial charge on any atom is 0.146 e. The summed E-state index contributed by atoms with van der Waals surface area (Å²) < 4.78 is 0. The van der Waals surface area contributed by atoms with Gasteiger partial charge in [0.25, 0.3) is 0 Å². The highest BCUT2D eigenvalue weighted by Gasteiger charge is 1.87. The van der Waals surface area contributed by atoms with Crippen LogP contribution in [0, 0.1) is 0 Å². The van der Waals surface area contributed by atoms with Crippen LogP contribution in [0.25, 0.3) is 0 Å². The quantitative estimate of drug-likeness (QED) is 0.626. The number of pyridine rings is 1. The van der Waals surface area contributed by atoms with Crippen LogP contribution in [0.3, 0.4) is 0 Å². The van der Waals surface area contributed by atoms with Crippen molar-refractivity contribution in [2.24, 2.45) is 0 Å². The fraction of sp³-hybridized carbons (Fsp3) is 0.444. The summed E-state index contributed by atoms with van der Waals surface area (Å²) >= 11 is 0. The lowest BCUT2D eigenvalue weighted by molar-refractivity contribution is 1.34. The highest BCUT2D eigenvalue weighted by atomic mass is 14.9. The van der Waals surface area contributed by atoms with Crippen molar-refractivity contribution in [3.05, 3.63) is 18.3 Å². The van der Waals surface area contributed by atoms with Gasteiger partial charge in [-0.1, -0.05) is 27.7 Å². The van der Waals surface area contributed by atoms with E-state index in [2.05, 4.69) is 4.98 Å². The van der Waals surface area contributed by atoms with Gasteiger partial charge in [-0.05, 0) is 12.1 Å². The Bertz CT molecular complexity index is 166. The Labute approximate surface area is 74.8 Å². The molecule has 0 aliphatic carbocycles. The normalized spacial score (nSPS) is 7.00. The van der Waals surface area contributed by atoms with Gasteiger partial charge in [0.2, 0.25) is 0 Å². The van der Waals surface area contributed by atoms with Gasteiger partial charge >= 0.3 is 0 Å². The topological polar surface area (TPSA) is 64.9 Å². The Hall–Kier alpha value is -1.25. The van der Waals surface area contributed by atoms with Crippen molar-refractivity contribution >= 4 is 11.5 Å². The Balaban J connectivity index is 0. The van der Waals surface area contributed by atoms with Crippen molar-refractivity contribution < 1.29 is 0 Å². The van der Waals surface area contributed by atoms with E-state index in [0.717, 1.165) is 0 Å². The zero-order chi connectivity index (χ0) is 9.98. The zero-order valence-electron chi connectivity index (χ0n) is 8.33. The lowest BCUT2D eigenvalue weighted by Gasteiger charge is -1.92. The van der Waals surface area contributed by atoms with Crippen LogP contribution in [0.5, 0.6) is 0 Å². The predicted molar refractivity (Wildman–Crippen MR) is 55.8 cm³/mol. The van der Waals surface area contributed by atoms with Crippen molar-refractivity contribution in [1.29, 1.82) is 0 Å². The average Bonchev–Trinajstić information content (AvgIpc) is 2.17. The van der Waals surface area contributed by atoms with E-state index in [9.17, 15) is 0 Å². The molecule has 12 heavy (non-hydrogen) atoms. The van der Waals surface area contributed by atoms with E-state index in [-0.39, 0.29) is 0 Å². The minimum Gasteiger partial charge on any atom is -0.396 e. The van der Waals surface area contributed by atoms with Gasteiger partial charge in [-0.25, -0.2) is 4.98 Å². The van der Waals surface area contributed by atoms with Crippen LogP contribution in [0.4, 0.5) is 11.5 Å². The first-order valence-electron chi connectivity index (χ1n) is 4.26. The van der Waals surface area contributed by atoms with Crippen LogP contribution in [0.15, 0.2) is 18.3 Å². The van der Waals surface area contributed by atoms with Gasteiger partial charge in [-0.15, -0.1) is 0 Å². The molecule has 0 aromatic carbocycles. The number of hydrogen-bond donors (Lipinski definition) is 2. The first kappa shape index (κ1) is 13.3. The Morgan fingerprint density at radius 3 is 1.83 bits per heavy atom. The maximum atomic E-state index is 5.33. The fourth-order valence-corrected chi connectivity index (χ4v) is 0.430. The molecule has 4 N–H and O–H groups in total. The smallest absolute Gasteiger partial charge is 0.146 e. The summed E-state index contributed by atoms with van der Waals surface area (Å²) in [6.45, 7) is 8.00. The third kappa shape index (κ3) is 5.53. The molecule has 3 heteroatoms. The highest BCUT2D eigenvalue weighted by molar-refractivity contribution is 5.56. The third-order valence-electron chi connectivity index (χ3n) is 0.871. The molecule has 0 fully saturated rings. The van der Waals surface area contributed by atoms with Crippen molar-refractivity contribution in [2.75, 3.05) is 11.5 Å². The molecule has 3 nitrogen and oxygen atoms in total. The molecule has 1 aromatic rings. The van der Waals surface area contributed by atoms with Crippen molar-refractivity contribution in [1.82, 2.24) is 4.98 Å². The molecule has 0 radical (unpaired) electrons. The minimum atomic E-state index is 0.396. The summed E-state index contributed by atoms with van der Waals surface area (Å²) in [7, 11) is 0. The lowest BCUT2D eigenvalue weighted by Crippen LogP contribution is -1.95. The first-order valence-corrected chi connectivity index (χ1v) is 4.26. The van der Waals surface area contributed by atoms with Crippen LogP contribution in [0.1, 0.15) is 27.7 Å². The number of nitrogens with two attached hydrogens (primary N) is 2. The molecule has 0 atom stereocenters. The average molecular weight is 169 g/mol. The Morgan fingerprint density at radius 1 is 1.08 bits per heavy atom. The van der Waals surface area contributed by atoms with Crippen molar-refractivity contribution in [2.45, 2.75) is 27.7 Å². The highest BCUT2D eigenvalue weighted by Crippen LogP contribution is 2.06. The Kier molecular flexibility index (Phi) is 10.8. The molecule has 0 unspecified atom stereocenters. The van der Waals surface area contributed by atoms with Crippen molar-refractivity contribution in [3.8, 4) is 0 Å². The largest absolute Gasteiger partial charge is 0.396 e. The molecule has 1 heterocycles. The monoisotopic (exact) mass is 169 g/mol. The number of hydrogen-bond acceptors (Lipinski definition) is 3. The second kappa shape index (κ2) is 9.75. The number of aromatic nitrogens is 1. The van der Waals surface area contributed by atoms with Gasteiger partial charge < -0.3 is 11.5 Å². The van der Waals surface area contributed by atoms with Crippen LogP contribution in [0.2, 0.25) is 0 Å². The predicted octanol–water partition coefficient (Wildman–Crippen LogP) is 2.30. The van der Waals surface area contributed by atoms with E-state index in [1.807, 2.05) is 27.7 Å². The summed E-state index contributed by atoms with van der Waals surface area (Å²) in [5.41, 5.74) is 11.2. The number of rotatable bonds is 0. The van der Waals surface area contributed by atoms with Crippen LogP contribution in [-0.2, 0) is 0 Å². The van der Waals surface area contributed by atoms with E-state index in [1.54, 1.807) is 18.3 Å². The standard InChI is InChI=1S/C5H7N3.2C2H6/c6-4-2-1-3-8-5(4)7;2*1-2/h1-3H,6H2,(H2,7,8);2*1-2H3. The third-order valence-corrected chi connectivity index (χ3v) is 0.871. The summed E-state index contributed by atoms with van der Waals surface area (Å²) in [5.74, 6) is 0.396. The molecule has 0 saturated carbocycles. The fourth-order valence-electron chi connectivity index (χ4n) is 0.430. The first-order chi connectivity index (χ1) is 5.80. The zero-order valence-corrected chi connectivity index (χ0v) is 8.33. The van der Waals surface area contributed by atoms with Crippen LogP contribution < -0.4 is 11.5 Å². The molecule has 0 aliphatic rings. The summed E-state index contributed by atoms with van der Waals surface area (Å²) in [6.07, 6.45) is 1.60. The van der Waals surface area contributed by atoms with E-state index in [1.165, 1.54) is 0 Å². The van der Waals surface area contributed by atoms with E-state index in [4.69, 9.17) is 11.5 Å². The van der Waals surface area contributed by atoms with Crippen LogP contribution in [-0.4, -0.2) is 4.98 Å². The number of anilines is 2. The molecule has 0 amide bonds. The molecule has 0 saturated heterocycles. The summed E-state index contributed by atoms with van der Waals surface area (Å²) in [5, 5.41) is 0. The van der Waals surface area contributed by atoms with Gasteiger partial charge in [0, 0.05) is 6.20 Å². The SMILES string of the molecule is CC.CC.Nc1cccnc1N. The molecule has 0 bridgehead atoms.